The summed E-state index contributed by atoms with van der Waals surface area (Å²) in [7, 11) is 1.59. The average molecular weight is 357 g/mol. The Morgan fingerprint density at radius 2 is 1.96 bits per heavy atom. The summed E-state index contributed by atoms with van der Waals surface area (Å²) in [4.78, 5) is 11.8. The highest BCUT2D eigenvalue weighted by Gasteiger charge is 2.19. The van der Waals surface area contributed by atoms with Crippen LogP contribution in [-0.2, 0) is 11.3 Å². The van der Waals surface area contributed by atoms with Gasteiger partial charge in [0, 0.05) is 19.1 Å². The van der Waals surface area contributed by atoms with E-state index in [1.165, 1.54) is 0 Å². The predicted molar refractivity (Wildman–Crippen MR) is 97.7 cm³/mol. The first-order valence-corrected chi connectivity index (χ1v) is 8.53. The van der Waals surface area contributed by atoms with Crippen LogP contribution in [0.3, 0.4) is 0 Å². The molecule has 5 nitrogen and oxygen atoms in total. The topological polar surface area (TPSA) is 59.6 Å². The van der Waals surface area contributed by atoms with Crippen molar-refractivity contribution in [2.24, 2.45) is 5.92 Å². The van der Waals surface area contributed by atoms with E-state index in [9.17, 15) is 4.79 Å². The first-order valence-electron chi connectivity index (χ1n) is 8.15. The third-order valence-electron chi connectivity index (χ3n) is 3.45. The number of halogens is 1. The number of benzene rings is 1. The fourth-order valence-electron chi connectivity index (χ4n) is 2.12. The Kier molecular flexibility index (Phi) is 7.84. The molecule has 1 aromatic carbocycles. The van der Waals surface area contributed by atoms with Crippen molar-refractivity contribution in [1.82, 2.24) is 10.6 Å². The first-order chi connectivity index (χ1) is 11.1. The average Bonchev–Trinajstić information content (AvgIpc) is 2.45. The highest BCUT2D eigenvalue weighted by molar-refractivity contribution is 6.32. The van der Waals surface area contributed by atoms with E-state index in [-0.39, 0.29) is 6.04 Å². The molecule has 1 unspecified atom stereocenters. The molecule has 6 heteroatoms. The second-order valence-electron chi connectivity index (χ2n) is 7.08. The summed E-state index contributed by atoms with van der Waals surface area (Å²) in [6, 6.07) is 5.82. The molecule has 0 aliphatic heterocycles. The van der Waals surface area contributed by atoms with Crippen LogP contribution in [0.25, 0.3) is 0 Å². The smallest absolute Gasteiger partial charge is 0.407 e. The van der Waals surface area contributed by atoms with Gasteiger partial charge in [-0.1, -0.05) is 31.5 Å². The molecule has 1 rings (SSSR count). The maximum Gasteiger partial charge on any atom is 0.407 e. The summed E-state index contributed by atoms with van der Waals surface area (Å²) in [6.07, 6.45) is -0.401. The lowest BCUT2D eigenvalue weighted by atomic mass is 10.0. The molecule has 0 saturated carbocycles. The van der Waals surface area contributed by atoms with Crippen molar-refractivity contribution in [2.45, 2.75) is 52.8 Å². The predicted octanol–water partition coefficient (Wildman–Crippen LogP) is 3.99. The number of nitrogens with one attached hydrogen (secondary N) is 2. The first kappa shape index (κ1) is 20.6. The number of carbonyl (C=O) groups excluding carboxylic acids is 1. The van der Waals surface area contributed by atoms with Crippen LogP contribution in [-0.4, -0.2) is 31.4 Å². The molecule has 1 atom stereocenters. The number of ether oxygens (including phenoxy) is 2. The van der Waals surface area contributed by atoms with E-state index in [0.29, 0.717) is 29.8 Å². The standard InChI is InChI=1S/C18H29ClN2O3/c1-12(2)15(11-21-17(22)24-18(3,4)5)20-10-13-7-8-16(23-6)14(19)9-13/h7-9,12,15,20H,10-11H2,1-6H3,(H,21,22). The summed E-state index contributed by atoms with van der Waals surface area (Å²) in [6.45, 7) is 10.9. The molecule has 24 heavy (non-hydrogen) atoms. The summed E-state index contributed by atoms with van der Waals surface area (Å²) < 4.78 is 10.4. The normalized spacial score (nSPS) is 12.8. The number of hydrogen-bond donors (Lipinski definition) is 2. The van der Waals surface area contributed by atoms with Gasteiger partial charge in [-0.05, 0) is 44.4 Å². The van der Waals surface area contributed by atoms with Gasteiger partial charge in [0.25, 0.3) is 0 Å². The van der Waals surface area contributed by atoms with Crippen LogP contribution < -0.4 is 15.4 Å². The number of amides is 1. The van der Waals surface area contributed by atoms with Gasteiger partial charge in [-0.25, -0.2) is 4.79 Å². The fraction of sp³-hybridized carbons (Fsp3) is 0.611. The molecule has 1 amide bonds. The van der Waals surface area contributed by atoms with Crippen molar-refractivity contribution in [3.63, 3.8) is 0 Å². The van der Waals surface area contributed by atoms with E-state index in [1.54, 1.807) is 7.11 Å². The quantitative estimate of drug-likeness (QED) is 0.775. The van der Waals surface area contributed by atoms with Crippen molar-refractivity contribution in [1.29, 1.82) is 0 Å². The van der Waals surface area contributed by atoms with Crippen molar-refractivity contribution in [3.05, 3.63) is 28.8 Å². The second-order valence-corrected chi connectivity index (χ2v) is 7.49. The third-order valence-corrected chi connectivity index (χ3v) is 3.75. The van der Waals surface area contributed by atoms with E-state index in [1.807, 2.05) is 39.0 Å². The molecule has 1 aromatic rings. The van der Waals surface area contributed by atoms with Gasteiger partial charge < -0.3 is 20.1 Å². The number of alkyl carbamates (subject to hydrolysis) is 1. The number of rotatable bonds is 7. The van der Waals surface area contributed by atoms with Gasteiger partial charge in [0.05, 0.1) is 12.1 Å². The maximum absolute atomic E-state index is 11.8. The van der Waals surface area contributed by atoms with Crippen LogP contribution in [0.5, 0.6) is 5.75 Å². The number of hydrogen-bond acceptors (Lipinski definition) is 4. The van der Waals surface area contributed by atoms with E-state index < -0.39 is 11.7 Å². The maximum atomic E-state index is 11.8. The lowest BCUT2D eigenvalue weighted by molar-refractivity contribution is 0.0519. The fourth-order valence-corrected chi connectivity index (χ4v) is 2.40. The number of carbonyl (C=O) groups is 1. The molecule has 0 aliphatic rings. The molecule has 0 saturated heterocycles. The van der Waals surface area contributed by atoms with Crippen LogP contribution in [0.2, 0.25) is 5.02 Å². The van der Waals surface area contributed by atoms with Crippen molar-refractivity contribution in [2.75, 3.05) is 13.7 Å². The summed E-state index contributed by atoms with van der Waals surface area (Å²) >= 11 is 6.15. The van der Waals surface area contributed by atoms with E-state index in [2.05, 4.69) is 24.5 Å². The molecule has 0 heterocycles. The van der Waals surface area contributed by atoms with Crippen molar-refractivity contribution in [3.8, 4) is 5.75 Å². The van der Waals surface area contributed by atoms with Crippen LogP contribution in [0.15, 0.2) is 18.2 Å². The van der Waals surface area contributed by atoms with Crippen LogP contribution in [0.4, 0.5) is 4.79 Å². The van der Waals surface area contributed by atoms with Gasteiger partial charge in [-0.3, -0.25) is 0 Å². The Morgan fingerprint density at radius 3 is 2.46 bits per heavy atom. The van der Waals surface area contributed by atoms with Crippen LogP contribution >= 0.6 is 11.6 Å². The van der Waals surface area contributed by atoms with Gasteiger partial charge in [-0.2, -0.15) is 0 Å². The molecular weight excluding hydrogens is 328 g/mol. The largest absolute Gasteiger partial charge is 0.495 e. The van der Waals surface area contributed by atoms with Gasteiger partial charge in [0.1, 0.15) is 11.4 Å². The molecular formula is C18H29ClN2O3. The Balaban J connectivity index is 2.54. The zero-order valence-electron chi connectivity index (χ0n) is 15.4. The molecule has 0 fully saturated rings. The molecule has 0 aliphatic carbocycles. The zero-order valence-corrected chi connectivity index (χ0v) is 16.2. The Bertz CT molecular complexity index is 542. The molecule has 2 N–H and O–H groups in total. The Morgan fingerprint density at radius 1 is 1.29 bits per heavy atom. The number of methoxy groups -OCH3 is 1. The zero-order chi connectivity index (χ0) is 18.3. The molecule has 0 spiro atoms. The third kappa shape index (κ3) is 7.41. The van der Waals surface area contributed by atoms with Crippen LogP contribution in [0, 0.1) is 5.92 Å². The summed E-state index contributed by atoms with van der Waals surface area (Å²) in [5, 5.41) is 6.85. The summed E-state index contributed by atoms with van der Waals surface area (Å²) in [5.41, 5.74) is 0.564. The van der Waals surface area contributed by atoms with Gasteiger partial charge >= 0.3 is 6.09 Å². The summed E-state index contributed by atoms with van der Waals surface area (Å²) in [5.74, 6) is 1.01. The minimum atomic E-state index is -0.495. The minimum absolute atomic E-state index is 0.124. The highest BCUT2D eigenvalue weighted by atomic mass is 35.5. The Hall–Kier alpha value is -1.46. The van der Waals surface area contributed by atoms with E-state index in [4.69, 9.17) is 21.1 Å². The monoisotopic (exact) mass is 356 g/mol. The molecule has 0 radical (unpaired) electrons. The van der Waals surface area contributed by atoms with E-state index in [0.717, 1.165) is 5.56 Å². The molecule has 0 bridgehead atoms. The Labute approximate surface area is 150 Å². The molecule has 0 aromatic heterocycles. The molecule has 136 valence electrons. The second kappa shape index (κ2) is 9.14. The lowest BCUT2D eigenvalue weighted by Gasteiger charge is -2.25. The SMILES string of the molecule is COc1ccc(CNC(CNC(=O)OC(C)(C)C)C(C)C)cc1Cl. The van der Waals surface area contributed by atoms with E-state index >= 15 is 0 Å². The minimum Gasteiger partial charge on any atom is -0.495 e. The highest BCUT2D eigenvalue weighted by Crippen LogP contribution is 2.24. The van der Waals surface area contributed by atoms with Gasteiger partial charge in [-0.15, -0.1) is 0 Å². The van der Waals surface area contributed by atoms with Crippen molar-refractivity contribution >= 4 is 17.7 Å². The van der Waals surface area contributed by atoms with Gasteiger partial charge in [0.2, 0.25) is 0 Å². The lowest BCUT2D eigenvalue weighted by Crippen LogP contribution is -2.45. The van der Waals surface area contributed by atoms with Crippen molar-refractivity contribution < 1.29 is 14.3 Å². The van der Waals surface area contributed by atoms with Gasteiger partial charge in [0.15, 0.2) is 0 Å². The van der Waals surface area contributed by atoms with Crippen LogP contribution in [0.1, 0.15) is 40.2 Å².